The van der Waals surface area contributed by atoms with Crippen LogP contribution in [0.15, 0.2) is 224 Å². The largest absolute Gasteiger partial charge is 0.311 e. The maximum atomic E-state index is 2.47. The fourth-order valence-electron chi connectivity index (χ4n) is 8.76. The lowest BCUT2D eigenvalue weighted by atomic mass is 9.95. The van der Waals surface area contributed by atoms with Crippen LogP contribution >= 0.6 is 0 Å². The second-order valence-corrected chi connectivity index (χ2v) is 14.6. The van der Waals surface area contributed by atoms with Crippen molar-refractivity contribution < 1.29 is 0 Å². The Kier molecular flexibility index (Phi) is 7.82. The fourth-order valence-corrected chi connectivity index (χ4v) is 8.76. The molecule has 0 unspecified atom stereocenters. The summed E-state index contributed by atoms with van der Waals surface area (Å²) >= 11 is 0. The SMILES string of the molecule is c1ccc(N(c2ccccc2)c2ccc(-c3ccc(-c4cc5c6ccccc6n(-c6ccccc6)c5c5c4c4ccccc4n5-c4ccccc4)cc3)cc2)cc1. The molecule has 9 aromatic carbocycles. The van der Waals surface area contributed by atoms with Crippen molar-refractivity contribution in [2.45, 2.75) is 0 Å². The zero-order valence-electron chi connectivity index (χ0n) is 31.2. The molecule has 0 fully saturated rings. The van der Waals surface area contributed by atoms with E-state index in [4.69, 9.17) is 0 Å². The van der Waals surface area contributed by atoms with Gasteiger partial charge in [0.05, 0.1) is 22.1 Å². The smallest absolute Gasteiger partial charge is 0.0795 e. The van der Waals surface area contributed by atoms with Crippen LogP contribution in [0.1, 0.15) is 0 Å². The Balaban J connectivity index is 1.10. The van der Waals surface area contributed by atoms with Gasteiger partial charge in [0.15, 0.2) is 0 Å². The summed E-state index contributed by atoms with van der Waals surface area (Å²) in [6.07, 6.45) is 0. The summed E-state index contributed by atoms with van der Waals surface area (Å²) in [5.74, 6) is 0. The zero-order valence-corrected chi connectivity index (χ0v) is 31.2. The molecule has 2 aromatic heterocycles. The number of hydrogen-bond acceptors (Lipinski definition) is 1. The fraction of sp³-hybridized carbons (Fsp3) is 0. The van der Waals surface area contributed by atoms with E-state index in [0.29, 0.717) is 0 Å². The van der Waals surface area contributed by atoms with Crippen molar-refractivity contribution in [3.8, 4) is 33.6 Å². The number of benzene rings is 9. The molecular weight excluding hydrogens is 691 g/mol. The van der Waals surface area contributed by atoms with Gasteiger partial charge >= 0.3 is 0 Å². The lowest BCUT2D eigenvalue weighted by molar-refractivity contribution is 1.15. The Bertz CT molecular complexity index is 3140. The molecule has 11 rings (SSSR count). The summed E-state index contributed by atoms with van der Waals surface area (Å²) < 4.78 is 4.93. The van der Waals surface area contributed by atoms with Gasteiger partial charge in [-0.05, 0) is 101 Å². The third kappa shape index (κ3) is 5.43. The molecule has 2 heterocycles. The Morgan fingerprint density at radius 1 is 0.298 bits per heavy atom. The molecule has 0 spiro atoms. The van der Waals surface area contributed by atoms with Crippen molar-refractivity contribution in [1.29, 1.82) is 0 Å². The van der Waals surface area contributed by atoms with Crippen molar-refractivity contribution in [2.75, 3.05) is 4.90 Å². The molecule has 268 valence electrons. The van der Waals surface area contributed by atoms with Crippen molar-refractivity contribution in [3.05, 3.63) is 224 Å². The molecule has 0 saturated heterocycles. The average molecular weight is 728 g/mol. The topological polar surface area (TPSA) is 13.1 Å². The van der Waals surface area contributed by atoms with Crippen LogP contribution in [0.5, 0.6) is 0 Å². The summed E-state index contributed by atoms with van der Waals surface area (Å²) in [6, 6.07) is 80.9. The van der Waals surface area contributed by atoms with E-state index in [1.165, 1.54) is 65.9 Å². The van der Waals surface area contributed by atoms with Gasteiger partial charge in [0.2, 0.25) is 0 Å². The number of rotatable bonds is 7. The predicted molar refractivity (Wildman–Crippen MR) is 241 cm³/mol. The molecule has 0 aliphatic carbocycles. The van der Waals surface area contributed by atoms with Crippen molar-refractivity contribution in [1.82, 2.24) is 9.13 Å². The number of anilines is 3. The highest BCUT2D eigenvalue weighted by molar-refractivity contribution is 6.28. The first-order valence-electron chi connectivity index (χ1n) is 19.5. The Morgan fingerprint density at radius 2 is 0.702 bits per heavy atom. The van der Waals surface area contributed by atoms with Crippen LogP contribution in [0.25, 0.3) is 77.2 Å². The van der Waals surface area contributed by atoms with Crippen LogP contribution in [0.2, 0.25) is 0 Å². The van der Waals surface area contributed by atoms with E-state index < -0.39 is 0 Å². The second-order valence-electron chi connectivity index (χ2n) is 14.6. The summed E-state index contributed by atoms with van der Waals surface area (Å²) in [7, 11) is 0. The van der Waals surface area contributed by atoms with Crippen LogP contribution in [0, 0.1) is 0 Å². The van der Waals surface area contributed by atoms with E-state index in [0.717, 1.165) is 28.4 Å². The normalized spacial score (nSPS) is 11.5. The highest BCUT2D eigenvalue weighted by atomic mass is 15.1. The van der Waals surface area contributed by atoms with Gasteiger partial charge < -0.3 is 14.0 Å². The first-order chi connectivity index (χ1) is 28.3. The maximum Gasteiger partial charge on any atom is 0.0795 e. The highest BCUT2D eigenvalue weighted by Gasteiger charge is 2.24. The Morgan fingerprint density at radius 3 is 1.26 bits per heavy atom. The standard InChI is InChI=1S/C54H37N3/c1-5-17-41(18-6-1)55(42-19-7-2-8-20-42)45-35-33-39(34-36-45)38-29-31-40(32-30-38)48-37-49-46-25-13-15-27-50(46)56(43-21-9-3-10-22-43)53(49)54-52(48)47-26-14-16-28-51(47)57(54)44-23-11-4-12-24-44/h1-37H. The molecule has 0 saturated carbocycles. The second kappa shape index (κ2) is 13.6. The molecule has 57 heavy (non-hydrogen) atoms. The molecule has 0 atom stereocenters. The van der Waals surface area contributed by atoms with E-state index in [-0.39, 0.29) is 0 Å². The van der Waals surface area contributed by atoms with Crippen LogP contribution < -0.4 is 4.90 Å². The van der Waals surface area contributed by atoms with Gasteiger partial charge in [0.25, 0.3) is 0 Å². The van der Waals surface area contributed by atoms with Gasteiger partial charge in [-0.2, -0.15) is 0 Å². The minimum Gasteiger partial charge on any atom is -0.311 e. The van der Waals surface area contributed by atoms with Crippen molar-refractivity contribution in [2.24, 2.45) is 0 Å². The van der Waals surface area contributed by atoms with E-state index in [1.54, 1.807) is 0 Å². The molecular formula is C54H37N3. The van der Waals surface area contributed by atoms with Crippen LogP contribution in [-0.4, -0.2) is 9.13 Å². The van der Waals surface area contributed by atoms with Gasteiger partial charge in [-0.1, -0.05) is 146 Å². The minimum atomic E-state index is 1.12. The molecule has 0 bridgehead atoms. The molecule has 0 aliphatic heterocycles. The zero-order chi connectivity index (χ0) is 37.7. The van der Waals surface area contributed by atoms with Crippen molar-refractivity contribution >= 4 is 60.7 Å². The number of para-hydroxylation sites is 6. The predicted octanol–water partition coefficient (Wildman–Crippen LogP) is 14.7. The Hall–Kier alpha value is -7.62. The van der Waals surface area contributed by atoms with Crippen molar-refractivity contribution in [3.63, 3.8) is 0 Å². The molecule has 3 heteroatoms. The number of nitrogens with zero attached hydrogens (tertiary/aromatic N) is 3. The van der Waals surface area contributed by atoms with E-state index >= 15 is 0 Å². The summed E-state index contributed by atoms with van der Waals surface area (Å²) in [6.45, 7) is 0. The van der Waals surface area contributed by atoms with Crippen LogP contribution in [0.4, 0.5) is 17.1 Å². The van der Waals surface area contributed by atoms with Gasteiger partial charge in [0, 0.05) is 50.0 Å². The van der Waals surface area contributed by atoms with Gasteiger partial charge in [0.1, 0.15) is 0 Å². The first-order valence-corrected chi connectivity index (χ1v) is 19.5. The van der Waals surface area contributed by atoms with E-state index in [9.17, 15) is 0 Å². The van der Waals surface area contributed by atoms with Gasteiger partial charge in [-0.15, -0.1) is 0 Å². The maximum absolute atomic E-state index is 2.47. The molecule has 0 N–H and O–H groups in total. The number of fused-ring (bicyclic) bond motifs is 7. The van der Waals surface area contributed by atoms with Crippen LogP contribution in [-0.2, 0) is 0 Å². The molecule has 3 nitrogen and oxygen atoms in total. The quantitative estimate of drug-likeness (QED) is 0.159. The molecule has 0 amide bonds. The van der Waals surface area contributed by atoms with Gasteiger partial charge in [-0.3, -0.25) is 0 Å². The summed E-state index contributed by atoms with van der Waals surface area (Å²) in [4.78, 5) is 2.30. The lowest BCUT2D eigenvalue weighted by Crippen LogP contribution is -2.09. The molecule has 11 aromatic rings. The highest BCUT2D eigenvalue weighted by Crippen LogP contribution is 2.46. The molecule has 0 radical (unpaired) electrons. The minimum absolute atomic E-state index is 1.12. The lowest BCUT2D eigenvalue weighted by Gasteiger charge is -2.25. The number of aromatic nitrogens is 2. The molecule has 0 aliphatic rings. The summed E-state index contributed by atoms with van der Waals surface area (Å²) in [5.41, 5.74) is 15.2. The first kappa shape index (κ1) is 32.8. The van der Waals surface area contributed by atoms with Crippen LogP contribution in [0.3, 0.4) is 0 Å². The average Bonchev–Trinajstić information content (AvgIpc) is 3.81. The third-order valence-electron chi connectivity index (χ3n) is 11.3. The van der Waals surface area contributed by atoms with E-state index in [2.05, 4.69) is 238 Å². The third-order valence-corrected chi connectivity index (χ3v) is 11.3. The monoisotopic (exact) mass is 727 g/mol. The Labute approximate surface area is 331 Å². The number of hydrogen-bond donors (Lipinski definition) is 0. The summed E-state index contributed by atoms with van der Waals surface area (Å²) in [5, 5.41) is 4.96. The van der Waals surface area contributed by atoms with Gasteiger partial charge in [-0.25, -0.2) is 0 Å². The van der Waals surface area contributed by atoms with E-state index in [1.807, 2.05) is 0 Å².